The van der Waals surface area contributed by atoms with Gasteiger partial charge < -0.3 is 14.0 Å². The molecule has 1 N–H and O–H groups in total. The third-order valence-corrected chi connectivity index (χ3v) is 5.02. The molecule has 0 bridgehead atoms. The van der Waals surface area contributed by atoms with Crippen LogP contribution in [0.1, 0.15) is 23.6 Å². The van der Waals surface area contributed by atoms with Crippen molar-refractivity contribution >= 4 is 46.4 Å². The number of anilines is 1. The summed E-state index contributed by atoms with van der Waals surface area (Å²) in [5, 5.41) is 5.48. The van der Waals surface area contributed by atoms with Gasteiger partial charge in [-0.25, -0.2) is 0 Å². The highest BCUT2D eigenvalue weighted by Crippen LogP contribution is 2.38. The lowest BCUT2D eigenvalue weighted by Gasteiger charge is -2.14. The topological polar surface area (TPSA) is 47.3 Å². The molecule has 4 nitrogen and oxygen atoms in total. The predicted molar refractivity (Wildman–Crippen MR) is 106 cm³/mol. The maximum Gasteiger partial charge on any atom is 0.189 e. The molecule has 0 saturated heterocycles. The Balaban J connectivity index is 1.95. The second kappa shape index (κ2) is 7.42. The van der Waals surface area contributed by atoms with E-state index in [4.69, 9.17) is 20.9 Å². The number of halogens is 1. The molecule has 25 heavy (non-hydrogen) atoms. The number of nitrogens with zero attached hydrogens (tertiary/aromatic N) is 1. The Bertz CT molecular complexity index is 937. The van der Waals surface area contributed by atoms with E-state index in [0.29, 0.717) is 16.4 Å². The van der Waals surface area contributed by atoms with E-state index in [0.717, 1.165) is 39.1 Å². The highest BCUT2D eigenvalue weighted by atomic mass is 35.5. The van der Waals surface area contributed by atoms with Crippen molar-refractivity contribution in [3.05, 3.63) is 52.6 Å². The van der Waals surface area contributed by atoms with Crippen molar-refractivity contribution < 1.29 is 9.26 Å². The largest absolute Gasteiger partial charge is 0.495 e. The molecular formula is C19H19ClN2O2S. The molecule has 0 saturated carbocycles. The quantitative estimate of drug-likeness (QED) is 0.526. The fourth-order valence-electron chi connectivity index (χ4n) is 2.70. The highest BCUT2D eigenvalue weighted by Gasteiger charge is 2.15. The number of methoxy groups -OCH3 is 1. The fourth-order valence-corrected chi connectivity index (χ4v) is 3.90. The molecule has 3 aromatic rings. The van der Waals surface area contributed by atoms with Crippen molar-refractivity contribution in [3.63, 3.8) is 0 Å². The van der Waals surface area contributed by atoms with Gasteiger partial charge in [0.15, 0.2) is 11.4 Å². The molecule has 0 aliphatic heterocycles. The van der Waals surface area contributed by atoms with Crippen LogP contribution in [-0.2, 0) is 6.42 Å². The number of hydrogen-bond acceptors (Lipinski definition) is 5. The van der Waals surface area contributed by atoms with Gasteiger partial charge in [0.1, 0.15) is 5.75 Å². The standard InChI is InChI=1S/C19H19ClN2O2S/c1-5-12-9-13(6-2)18(23-4)16(10-12)25-22-19-17-14(20)7-11(3)8-15(17)24-21-19/h5,7-10H,1,6H2,2-4H3,(H,21,22). The van der Waals surface area contributed by atoms with Gasteiger partial charge >= 0.3 is 0 Å². The Kier molecular flexibility index (Phi) is 5.25. The summed E-state index contributed by atoms with van der Waals surface area (Å²) in [7, 11) is 1.68. The number of ether oxygens (including phenoxy) is 1. The summed E-state index contributed by atoms with van der Waals surface area (Å²) < 4.78 is 14.2. The van der Waals surface area contributed by atoms with Crippen LogP contribution in [0.25, 0.3) is 17.0 Å². The predicted octanol–water partition coefficient (Wildman–Crippen LogP) is 6.12. The van der Waals surface area contributed by atoms with E-state index in [1.54, 1.807) is 7.11 Å². The molecule has 1 heterocycles. The zero-order valence-corrected chi connectivity index (χ0v) is 15.9. The van der Waals surface area contributed by atoms with Crippen LogP contribution in [0.4, 0.5) is 5.82 Å². The maximum absolute atomic E-state index is 6.36. The summed E-state index contributed by atoms with van der Waals surface area (Å²) in [6, 6.07) is 7.92. The molecule has 0 atom stereocenters. The summed E-state index contributed by atoms with van der Waals surface area (Å²) in [4.78, 5) is 0.955. The van der Waals surface area contributed by atoms with Gasteiger partial charge in [0.2, 0.25) is 0 Å². The van der Waals surface area contributed by atoms with E-state index >= 15 is 0 Å². The third-order valence-electron chi connectivity index (χ3n) is 3.90. The minimum atomic E-state index is 0.592. The van der Waals surface area contributed by atoms with E-state index in [-0.39, 0.29) is 0 Å². The van der Waals surface area contributed by atoms with Crippen LogP contribution >= 0.6 is 23.5 Å². The second-order valence-corrected chi connectivity index (χ2v) is 6.88. The summed E-state index contributed by atoms with van der Waals surface area (Å²) in [5.41, 5.74) is 3.86. The van der Waals surface area contributed by atoms with E-state index in [1.165, 1.54) is 11.9 Å². The van der Waals surface area contributed by atoms with Gasteiger partial charge in [-0.3, -0.25) is 0 Å². The molecule has 2 aromatic carbocycles. The van der Waals surface area contributed by atoms with Crippen molar-refractivity contribution in [1.82, 2.24) is 5.16 Å². The van der Waals surface area contributed by atoms with Crippen LogP contribution in [0.2, 0.25) is 5.02 Å². The SMILES string of the molecule is C=Cc1cc(CC)c(OC)c(SNc2noc3cc(C)cc(Cl)c23)c1. The molecular weight excluding hydrogens is 356 g/mol. The van der Waals surface area contributed by atoms with E-state index < -0.39 is 0 Å². The molecule has 0 radical (unpaired) electrons. The Morgan fingerprint density at radius 3 is 2.84 bits per heavy atom. The number of aromatic nitrogens is 1. The Labute approximate surface area is 156 Å². The first kappa shape index (κ1) is 17.7. The first-order chi connectivity index (χ1) is 12.1. The normalized spacial score (nSPS) is 10.9. The summed E-state index contributed by atoms with van der Waals surface area (Å²) in [5.74, 6) is 1.44. The third kappa shape index (κ3) is 3.48. The fraction of sp³-hybridized carbons (Fsp3) is 0.211. The van der Waals surface area contributed by atoms with Gasteiger partial charge in [0, 0.05) is 0 Å². The van der Waals surface area contributed by atoms with E-state index in [2.05, 4.69) is 29.4 Å². The van der Waals surface area contributed by atoms with Crippen molar-refractivity contribution in [2.75, 3.05) is 11.8 Å². The second-order valence-electron chi connectivity index (χ2n) is 5.62. The van der Waals surface area contributed by atoms with Crippen LogP contribution < -0.4 is 9.46 Å². The van der Waals surface area contributed by atoms with Crippen LogP contribution in [0.5, 0.6) is 5.75 Å². The summed E-state index contributed by atoms with van der Waals surface area (Å²) in [6.07, 6.45) is 2.70. The van der Waals surface area contributed by atoms with Crippen molar-refractivity contribution in [3.8, 4) is 5.75 Å². The van der Waals surface area contributed by atoms with Crippen LogP contribution in [-0.4, -0.2) is 12.3 Å². The monoisotopic (exact) mass is 374 g/mol. The summed E-state index contributed by atoms with van der Waals surface area (Å²) in [6.45, 7) is 7.92. The van der Waals surface area contributed by atoms with Gasteiger partial charge in [0.25, 0.3) is 0 Å². The summed E-state index contributed by atoms with van der Waals surface area (Å²) >= 11 is 7.77. The molecule has 3 rings (SSSR count). The number of hydrogen-bond donors (Lipinski definition) is 1. The minimum absolute atomic E-state index is 0.592. The molecule has 6 heteroatoms. The Hall–Kier alpha value is -2.11. The molecule has 0 amide bonds. The van der Waals surface area contributed by atoms with E-state index in [1.807, 2.05) is 31.2 Å². The molecule has 0 unspecified atom stereocenters. The van der Waals surface area contributed by atoms with Crippen LogP contribution in [0, 0.1) is 6.92 Å². The zero-order valence-electron chi connectivity index (χ0n) is 14.4. The first-order valence-corrected chi connectivity index (χ1v) is 9.08. The van der Waals surface area contributed by atoms with Gasteiger partial charge in [-0.05, 0) is 66.2 Å². The number of rotatable bonds is 6. The highest BCUT2D eigenvalue weighted by molar-refractivity contribution is 8.00. The van der Waals surface area contributed by atoms with Crippen molar-refractivity contribution in [2.45, 2.75) is 25.2 Å². The zero-order chi connectivity index (χ0) is 18.0. The van der Waals surface area contributed by atoms with Crippen LogP contribution in [0.3, 0.4) is 0 Å². The number of nitrogens with one attached hydrogen (secondary N) is 1. The smallest absolute Gasteiger partial charge is 0.189 e. The molecule has 1 aromatic heterocycles. The van der Waals surface area contributed by atoms with Gasteiger partial charge in [-0.2, -0.15) is 0 Å². The van der Waals surface area contributed by atoms with Crippen molar-refractivity contribution in [1.29, 1.82) is 0 Å². The number of benzene rings is 2. The van der Waals surface area contributed by atoms with Crippen LogP contribution in [0.15, 0.2) is 40.3 Å². The molecule has 0 fully saturated rings. The van der Waals surface area contributed by atoms with Gasteiger partial charge in [0.05, 0.1) is 22.4 Å². The van der Waals surface area contributed by atoms with Gasteiger partial charge in [-0.1, -0.05) is 36.3 Å². The van der Waals surface area contributed by atoms with Gasteiger partial charge in [-0.15, -0.1) is 0 Å². The molecule has 130 valence electrons. The number of fused-ring (bicyclic) bond motifs is 1. The maximum atomic E-state index is 6.36. The minimum Gasteiger partial charge on any atom is -0.495 e. The average Bonchev–Trinajstić information content (AvgIpc) is 3.01. The lowest BCUT2D eigenvalue weighted by molar-refractivity contribution is 0.400. The molecule has 0 aliphatic carbocycles. The number of aryl methyl sites for hydroxylation is 2. The van der Waals surface area contributed by atoms with Crippen molar-refractivity contribution in [2.24, 2.45) is 0 Å². The first-order valence-electron chi connectivity index (χ1n) is 7.89. The average molecular weight is 375 g/mol. The Morgan fingerprint density at radius 1 is 1.36 bits per heavy atom. The lowest BCUT2D eigenvalue weighted by atomic mass is 10.1. The lowest BCUT2D eigenvalue weighted by Crippen LogP contribution is -1.97. The molecule has 0 spiro atoms. The van der Waals surface area contributed by atoms with E-state index in [9.17, 15) is 0 Å². The Morgan fingerprint density at radius 2 is 2.16 bits per heavy atom. The molecule has 0 aliphatic rings.